The lowest BCUT2D eigenvalue weighted by Crippen LogP contribution is -2.55. The van der Waals surface area contributed by atoms with Gasteiger partial charge in [0.25, 0.3) is 5.91 Å². The van der Waals surface area contributed by atoms with Crippen LogP contribution in [-0.4, -0.2) is 97.2 Å². The van der Waals surface area contributed by atoms with Crippen molar-refractivity contribution in [3.63, 3.8) is 0 Å². The summed E-state index contributed by atoms with van der Waals surface area (Å²) in [4.78, 5) is 30.4. The summed E-state index contributed by atoms with van der Waals surface area (Å²) in [5.74, 6) is 2.64. The predicted octanol–water partition coefficient (Wildman–Crippen LogP) is 6.46. The summed E-state index contributed by atoms with van der Waals surface area (Å²) in [7, 11) is 1.63. The molecule has 6 rings (SSSR count). The summed E-state index contributed by atoms with van der Waals surface area (Å²) in [6, 6.07) is 11.4. The molecule has 2 aromatic heterocycles. The van der Waals surface area contributed by atoms with Crippen molar-refractivity contribution in [1.29, 1.82) is 5.26 Å². The van der Waals surface area contributed by atoms with Gasteiger partial charge in [-0.05, 0) is 79.0 Å². The minimum atomic E-state index is -0.133. The van der Waals surface area contributed by atoms with Crippen LogP contribution in [0.1, 0.15) is 103 Å². The third-order valence-corrected chi connectivity index (χ3v) is 13.0. The van der Waals surface area contributed by atoms with E-state index in [1.165, 1.54) is 44.9 Å². The molecule has 0 bridgehead atoms. The zero-order chi connectivity index (χ0) is 35.2. The van der Waals surface area contributed by atoms with Crippen LogP contribution in [0.5, 0.6) is 0 Å². The van der Waals surface area contributed by atoms with Crippen molar-refractivity contribution < 1.29 is 4.79 Å². The van der Waals surface area contributed by atoms with Gasteiger partial charge in [0.05, 0.1) is 17.4 Å². The van der Waals surface area contributed by atoms with Gasteiger partial charge in [-0.15, -0.1) is 0 Å². The topological polar surface area (TPSA) is 91.6 Å². The molecule has 1 amide bonds. The number of nitrogens with zero attached hydrogens (tertiary/aromatic N) is 7. The number of amides is 1. The van der Waals surface area contributed by atoms with Crippen LogP contribution >= 0.6 is 0 Å². The van der Waals surface area contributed by atoms with Gasteiger partial charge < -0.3 is 15.1 Å². The highest BCUT2D eigenvalue weighted by Gasteiger charge is 2.42. The molecule has 4 fully saturated rings. The second-order valence-electron chi connectivity index (χ2n) is 16.2. The van der Waals surface area contributed by atoms with E-state index < -0.39 is 0 Å². The Bertz CT molecular complexity index is 1380. The minimum absolute atomic E-state index is 0.133. The van der Waals surface area contributed by atoms with Crippen LogP contribution in [0.25, 0.3) is 0 Å². The average Bonchev–Trinajstić information content (AvgIpc) is 3.63. The first kappa shape index (κ1) is 37.0. The van der Waals surface area contributed by atoms with Crippen molar-refractivity contribution in [2.24, 2.45) is 22.7 Å². The largest absolute Gasteiger partial charge is 0.368 e. The first-order valence-electron chi connectivity index (χ1n) is 19.0. The van der Waals surface area contributed by atoms with E-state index in [1.54, 1.807) is 13.2 Å². The number of rotatable bonds is 9. The van der Waals surface area contributed by atoms with Gasteiger partial charge in [0, 0.05) is 77.7 Å². The van der Waals surface area contributed by atoms with Gasteiger partial charge >= 0.3 is 0 Å². The first-order chi connectivity index (χ1) is 23.5. The van der Waals surface area contributed by atoms with Gasteiger partial charge in [-0.3, -0.25) is 14.6 Å². The molecule has 268 valence electrons. The highest BCUT2D eigenvalue weighted by Crippen LogP contribution is 2.46. The van der Waals surface area contributed by atoms with Gasteiger partial charge in [-0.1, -0.05) is 54.4 Å². The number of nitriles is 1. The number of carbonyl (C=O) groups is 1. The molecule has 4 aliphatic rings. The van der Waals surface area contributed by atoms with Crippen molar-refractivity contribution in [2.75, 3.05) is 69.2 Å². The van der Waals surface area contributed by atoms with Gasteiger partial charge in [0.15, 0.2) is 0 Å². The molecule has 2 saturated heterocycles. The summed E-state index contributed by atoms with van der Waals surface area (Å²) in [5.41, 5.74) is 3.21. The fourth-order valence-corrected chi connectivity index (χ4v) is 8.24. The predicted molar refractivity (Wildman–Crippen MR) is 200 cm³/mol. The van der Waals surface area contributed by atoms with Gasteiger partial charge in [-0.2, -0.15) is 5.26 Å². The summed E-state index contributed by atoms with van der Waals surface area (Å²) in [5, 5.41) is 11.5. The summed E-state index contributed by atoms with van der Waals surface area (Å²) >= 11 is 0. The van der Waals surface area contributed by atoms with Crippen LogP contribution in [-0.2, 0) is 0 Å². The summed E-state index contributed by atoms with van der Waals surface area (Å²) < 4.78 is 0. The molecular formula is C40H62N8O. The molecule has 1 N–H and O–H groups in total. The summed E-state index contributed by atoms with van der Waals surface area (Å²) in [6.45, 7) is 23.0. The van der Waals surface area contributed by atoms with Crippen molar-refractivity contribution in [1.82, 2.24) is 25.1 Å². The van der Waals surface area contributed by atoms with E-state index in [4.69, 9.17) is 5.26 Å². The Morgan fingerprint density at radius 2 is 1.37 bits per heavy atom. The lowest BCUT2D eigenvalue weighted by atomic mass is 9.63. The number of hydrogen-bond acceptors (Lipinski definition) is 8. The van der Waals surface area contributed by atoms with Crippen LogP contribution in [0.15, 0.2) is 36.7 Å². The minimum Gasteiger partial charge on any atom is -0.368 e. The number of piperazine rings is 2. The number of carbonyl (C=O) groups excluding carboxylic acids is 1. The second-order valence-corrected chi connectivity index (χ2v) is 16.2. The molecule has 2 aliphatic heterocycles. The molecule has 4 heterocycles. The summed E-state index contributed by atoms with van der Waals surface area (Å²) in [6.07, 6.45) is 12.9. The van der Waals surface area contributed by atoms with Gasteiger partial charge in [-0.25, -0.2) is 9.97 Å². The number of nitrogens with one attached hydrogen (secondary N) is 1. The third kappa shape index (κ3) is 8.93. The average molecular weight is 671 g/mol. The molecule has 49 heavy (non-hydrogen) atoms. The third-order valence-electron chi connectivity index (χ3n) is 13.0. The number of aromatic nitrogens is 2. The van der Waals surface area contributed by atoms with E-state index in [2.05, 4.69) is 82.5 Å². The fraction of sp³-hybridized carbons (Fsp3) is 0.700. The Labute approximate surface area is 296 Å². The lowest BCUT2D eigenvalue weighted by Gasteiger charge is -2.51. The SMILES string of the molecule is CCC(C)(C)C1CC(N2CCN(c3ccc(C(=O)NC)nc3)CC2)C1.CCC(C)(C)C1CC[C@@H](N2CCN(c3ccc(C#N)cn3)CC2)C1. The Hall–Kier alpha value is -3.22. The molecule has 2 saturated carbocycles. The normalized spacial score (nSPS) is 25.2. The molecule has 0 radical (unpaired) electrons. The maximum Gasteiger partial charge on any atom is 0.269 e. The van der Waals surface area contributed by atoms with E-state index in [9.17, 15) is 4.79 Å². The monoisotopic (exact) mass is 671 g/mol. The maximum atomic E-state index is 11.6. The lowest BCUT2D eigenvalue weighted by molar-refractivity contribution is 0.00892. The molecule has 2 aliphatic carbocycles. The van der Waals surface area contributed by atoms with Crippen LogP contribution < -0.4 is 15.1 Å². The Morgan fingerprint density at radius 3 is 1.90 bits per heavy atom. The number of pyridine rings is 2. The maximum absolute atomic E-state index is 11.6. The standard InChI is InChI=1S/C20H32N4O.C20H30N4/c1-5-20(2,3)15-12-17(13-15)24-10-8-23(9-11-24)16-6-7-18(22-14-16)19(25)21-4;1-4-20(2,3)17-6-7-18(13-17)23-9-11-24(12-10-23)19-8-5-16(14-21)15-22-19/h6-7,14-15,17H,5,8-13H2,1-4H3,(H,21,25);5,8,15,17-18H,4,6-7,9-13H2,1-3H3/t;17?,18-/m.1/s1. The highest BCUT2D eigenvalue weighted by atomic mass is 16.1. The number of hydrogen-bond donors (Lipinski definition) is 1. The van der Waals surface area contributed by atoms with Crippen LogP contribution in [0.3, 0.4) is 0 Å². The molecule has 2 aromatic rings. The quantitative estimate of drug-likeness (QED) is 0.325. The highest BCUT2D eigenvalue weighted by molar-refractivity contribution is 5.92. The van der Waals surface area contributed by atoms with E-state index >= 15 is 0 Å². The zero-order valence-corrected chi connectivity index (χ0v) is 31.4. The molecule has 1 unspecified atom stereocenters. The van der Waals surface area contributed by atoms with Gasteiger partial charge in [0.2, 0.25) is 0 Å². The van der Waals surface area contributed by atoms with Gasteiger partial charge in [0.1, 0.15) is 17.6 Å². The van der Waals surface area contributed by atoms with Crippen molar-refractivity contribution in [2.45, 2.75) is 98.6 Å². The Morgan fingerprint density at radius 1 is 0.776 bits per heavy atom. The van der Waals surface area contributed by atoms with Crippen LogP contribution in [0.2, 0.25) is 0 Å². The zero-order valence-electron chi connectivity index (χ0n) is 31.4. The van der Waals surface area contributed by atoms with E-state index in [-0.39, 0.29) is 5.91 Å². The van der Waals surface area contributed by atoms with Crippen LogP contribution in [0, 0.1) is 34.0 Å². The first-order valence-corrected chi connectivity index (χ1v) is 19.0. The molecule has 0 spiro atoms. The van der Waals surface area contributed by atoms with Crippen molar-refractivity contribution in [3.8, 4) is 6.07 Å². The van der Waals surface area contributed by atoms with Crippen LogP contribution in [0.4, 0.5) is 11.5 Å². The molecule has 9 heteroatoms. The molecular weight excluding hydrogens is 608 g/mol. The van der Waals surface area contributed by atoms with E-state index in [1.807, 2.05) is 30.5 Å². The molecule has 0 aromatic carbocycles. The Balaban J connectivity index is 0.000000191. The fourth-order valence-electron chi connectivity index (χ4n) is 8.24. The Kier molecular flexibility index (Phi) is 12.3. The van der Waals surface area contributed by atoms with E-state index in [0.717, 1.165) is 87.8 Å². The smallest absolute Gasteiger partial charge is 0.269 e. The van der Waals surface area contributed by atoms with E-state index in [0.29, 0.717) is 22.1 Å². The van der Waals surface area contributed by atoms with Crippen molar-refractivity contribution >= 4 is 17.4 Å². The second kappa shape index (κ2) is 16.2. The number of anilines is 2. The van der Waals surface area contributed by atoms with Crippen molar-refractivity contribution in [3.05, 3.63) is 47.9 Å². The molecule has 2 atom stereocenters. The molecule has 9 nitrogen and oxygen atoms in total.